The van der Waals surface area contributed by atoms with Crippen LogP contribution >= 0.6 is 23.2 Å². The SMILES string of the molecule is COC(=O)CCS(=O)(=O)N(CCCl)CCCl. The third kappa shape index (κ3) is 5.89. The molecular formula is C8H15Cl2NO4S. The quantitative estimate of drug-likeness (QED) is 0.487. The van der Waals surface area contributed by atoms with Crippen molar-refractivity contribution in [1.82, 2.24) is 4.31 Å². The zero-order valence-corrected chi connectivity index (χ0v) is 11.3. The lowest BCUT2D eigenvalue weighted by molar-refractivity contribution is -0.140. The highest BCUT2D eigenvalue weighted by Crippen LogP contribution is 2.05. The monoisotopic (exact) mass is 291 g/mol. The molecule has 8 heteroatoms. The Morgan fingerprint density at radius 1 is 1.25 bits per heavy atom. The molecule has 16 heavy (non-hydrogen) atoms. The van der Waals surface area contributed by atoms with Gasteiger partial charge in [-0.2, -0.15) is 4.31 Å². The maximum absolute atomic E-state index is 11.7. The van der Waals surface area contributed by atoms with Crippen molar-refractivity contribution < 1.29 is 17.9 Å². The van der Waals surface area contributed by atoms with E-state index in [1.54, 1.807) is 0 Å². The van der Waals surface area contributed by atoms with E-state index in [2.05, 4.69) is 4.74 Å². The van der Waals surface area contributed by atoms with Gasteiger partial charge in [-0.05, 0) is 0 Å². The Kier molecular flexibility index (Phi) is 8.09. The van der Waals surface area contributed by atoms with Gasteiger partial charge in [-0.25, -0.2) is 8.42 Å². The van der Waals surface area contributed by atoms with Crippen LogP contribution < -0.4 is 0 Å². The van der Waals surface area contributed by atoms with Crippen molar-refractivity contribution >= 4 is 39.2 Å². The van der Waals surface area contributed by atoms with Crippen LogP contribution in [0.4, 0.5) is 0 Å². The first kappa shape index (κ1) is 16.0. The minimum atomic E-state index is -3.49. The minimum absolute atomic E-state index is 0.167. The molecule has 0 unspecified atom stereocenters. The summed E-state index contributed by atoms with van der Waals surface area (Å²) in [6, 6.07) is 0. The van der Waals surface area contributed by atoms with Crippen LogP contribution in [0.5, 0.6) is 0 Å². The Bertz CT molecular complexity index is 301. The highest BCUT2D eigenvalue weighted by Gasteiger charge is 2.22. The van der Waals surface area contributed by atoms with Gasteiger partial charge in [0.25, 0.3) is 0 Å². The van der Waals surface area contributed by atoms with E-state index in [4.69, 9.17) is 23.2 Å². The second-order valence-corrected chi connectivity index (χ2v) is 5.76. The molecule has 0 aromatic heterocycles. The van der Waals surface area contributed by atoms with Crippen molar-refractivity contribution in [2.75, 3.05) is 37.7 Å². The molecule has 0 atom stereocenters. The first-order chi connectivity index (χ1) is 7.47. The molecule has 0 aliphatic heterocycles. The van der Waals surface area contributed by atoms with Gasteiger partial charge in [0.15, 0.2) is 0 Å². The lowest BCUT2D eigenvalue weighted by atomic mass is 10.5. The van der Waals surface area contributed by atoms with E-state index >= 15 is 0 Å². The van der Waals surface area contributed by atoms with Crippen molar-refractivity contribution in [1.29, 1.82) is 0 Å². The Hall–Kier alpha value is -0.0400. The zero-order chi connectivity index (χ0) is 12.6. The van der Waals surface area contributed by atoms with Gasteiger partial charge in [-0.15, -0.1) is 23.2 Å². The number of methoxy groups -OCH3 is 1. The fourth-order valence-electron chi connectivity index (χ4n) is 1.02. The maximum Gasteiger partial charge on any atom is 0.306 e. The summed E-state index contributed by atoms with van der Waals surface area (Å²) in [6.07, 6.45) is -0.167. The average molecular weight is 292 g/mol. The molecular weight excluding hydrogens is 277 g/mol. The van der Waals surface area contributed by atoms with Crippen molar-refractivity contribution in [3.63, 3.8) is 0 Å². The zero-order valence-electron chi connectivity index (χ0n) is 8.99. The van der Waals surface area contributed by atoms with Gasteiger partial charge in [-0.1, -0.05) is 0 Å². The van der Waals surface area contributed by atoms with Crippen molar-refractivity contribution in [2.24, 2.45) is 0 Å². The number of rotatable bonds is 8. The largest absolute Gasteiger partial charge is 0.469 e. The molecule has 0 rings (SSSR count). The molecule has 0 heterocycles. The topological polar surface area (TPSA) is 63.7 Å². The summed E-state index contributed by atoms with van der Waals surface area (Å²) >= 11 is 11.0. The van der Waals surface area contributed by atoms with Gasteiger partial charge in [0.1, 0.15) is 0 Å². The van der Waals surface area contributed by atoms with Gasteiger partial charge in [0.05, 0.1) is 19.3 Å². The summed E-state index contributed by atoms with van der Waals surface area (Å²) in [7, 11) is -2.28. The maximum atomic E-state index is 11.7. The molecule has 0 aliphatic rings. The van der Waals surface area contributed by atoms with Crippen LogP contribution in [0, 0.1) is 0 Å². The lowest BCUT2D eigenvalue weighted by Gasteiger charge is -2.19. The first-order valence-corrected chi connectivity index (χ1v) is 7.32. The third-order valence-electron chi connectivity index (χ3n) is 1.85. The number of ether oxygens (including phenoxy) is 1. The Labute approximate surface area is 106 Å². The normalized spacial score (nSPS) is 11.8. The van der Waals surface area contributed by atoms with Crippen LogP contribution in [0.15, 0.2) is 0 Å². The molecule has 0 aromatic rings. The Balaban J connectivity index is 4.41. The van der Waals surface area contributed by atoms with E-state index < -0.39 is 16.0 Å². The molecule has 5 nitrogen and oxygen atoms in total. The van der Waals surface area contributed by atoms with Crippen molar-refractivity contribution in [3.05, 3.63) is 0 Å². The summed E-state index contributed by atoms with van der Waals surface area (Å²) in [4.78, 5) is 10.8. The number of carbonyl (C=O) groups excluding carboxylic acids is 1. The number of hydrogen-bond donors (Lipinski definition) is 0. The first-order valence-electron chi connectivity index (χ1n) is 4.64. The summed E-state index contributed by atoms with van der Waals surface area (Å²) in [5, 5.41) is 0. The van der Waals surface area contributed by atoms with Crippen LogP contribution in [0.3, 0.4) is 0 Å². The molecule has 0 aromatic carbocycles. The van der Waals surface area contributed by atoms with Crippen molar-refractivity contribution in [2.45, 2.75) is 6.42 Å². The summed E-state index contributed by atoms with van der Waals surface area (Å²) in [5.41, 5.74) is 0. The summed E-state index contributed by atoms with van der Waals surface area (Å²) in [6.45, 7) is 0.384. The average Bonchev–Trinajstić information content (AvgIpc) is 2.25. The number of hydrogen-bond acceptors (Lipinski definition) is 4. The van der Waals surface area contributed by atoms with E-state index in [1.165, 1.54) is 11.4 Å². The van der Waals surface area contributed by atoms with E-state index in [1.807, 2.05) is 0 Å². The van der Waals surface area contributed by atoms with Crippen LogP contribution in [0.25, 0.3) is 0 Å². The van der Waals surface area contributed by atoms with Crippen LogP contribution in [0.2, 0.25) is 0 Å². The highest BCUT2D eigenvalue weighted by molar-refractivity contribution is 7.89. The lowest BCUT2D eigenvalue weighted by Crippen LogP contribution is -2.36. The molecule has 0 spiro atoms. The molecule has 0 saturated carbocycles. The molecule has 0 aliphatic carbocycles. The van der Waals surface area contributed by atoms with E-state index in [0.717, 1.165) is 0 Å². The molecule has 0 amide bonds. The van der Waals surface area contributed by atoms with Crippen LogP contribution in [0.1, 0.15) is 6.42 Å². The standard InChI is InChI=1S/C8H15Cl2NO4S/c1-15-8(12)2-7-16(13,14)11(5-3-9)6-4-10/h2-7H2,1H3. The van der Waals surface area contributed by atoms with E-state index in [9.17, 15) is 13.2 Å². The van der Waals surface area contributed by atoms with Crippen LogP contribution in [-0.2, 0) is 19.6 Å². The van der Waals surface area contributed by atoms with Crippen molar-refractivity contribution in [3.8, 4) is 0 Å². The number of halogens is 2. The molecule has 0 saturated heterocycles. The Morgan fingerprint density at radius 3 is 2.12 bits per heavy atom. The van der Waals surface area contributed by atoms with Crippen LogP contribution in [-0.4, -0.2) is 56.4 Å². The highest BCUT2D eigenvalue weighted by atomic mass is 35.5. The molecule has 0 fully saturated rings. The molecule has 0 bridgehead atoms. The fraction of sp³-hybridized carbons (Fsp3) is 0.875. The van der Waals surface area contributed by atoms with E-state index in [-0.39, 0.29) is 37.0 Å². The predicted octanol–water partition coefficient (Wildman–Crippen LogP) is 0.659. The fourth-order valence-corrected chi connectivity index (χ4v) is 3.05. The van der Waals surface area contributed by atoms with Gasteiger partial charge in [-0.3, -0.25) is 4.79 Å². The van der Waals surface area contributed by atoms with Gasteiger partial charge < -0.3 is 4.74 Å². The van der Waals surface area contributed by atoms with Gasteiger partial charge in [0.2, 0.25) is 10.0 Å². The number of carbonyl (C=O) groups is 1. The molecule has 96 valence electrons. The number of sulfonamides is 1. The molecule has 0 radical (unpaired) electrons. The Morgan fingerprint density at radius 2 is 1.75 bits per heavy atom. The second kappa shape index (κ2) is 8.11. The minimum Gasteiger partial charge on any atom is -0.469 e. The third-order valence-corrected chi connectivity index (χ3v) is 4.06. The smallest absolute Gasteiger partial charge is 0.306 e. The second-order valence-electron chi connectivity index (χ2n) is 2.92. The number of esters is 1. The summed E-state index contributed by atoms with van der Waals surface area (Å²) < 4.78 is 29.0. The predicted molar refractivity (Wildman–Crippen MR) is 63.4 cm³/mol. The van der Waals surface area contributed by atoms with Gasteiger partial charge in [0, 0.05) is 24.8 Å². The number of alkyl halides is 2. The number of nitrogens with zero attached hydrogens (tertiary/aromatic N) is 1. The summed E-state index contributed by atoms with van der Waals surface area (Å²) in [5.74, 6) is -0.462. The van der Waals surface area contributed by atoms with Gasteiger partial charge >= 0.3 is 5.97 Å². The molecule has 0 N–H and O–H groups in total. The van der Waals surface area contributed by atoms with E-state index in [0.29, 0.717) is 0 Å².